The summed E-state index contributed by atoms with van der Waals surface area (Å²) in [5.74, 6) is 1.88. The maximum absolute atomic E-state index is 13.1. The summed E-state index contributed by atoms with van der Waals surface area (Å²) in [5, 5.41) is 0.933. The number of rotatable bonds is 12. The van der Waals surface area contributed by atoms with Gasteiger partial charge >= 0.3 is 0 Å². The Hall–Kier alpha value is -1.77. The number of morpholine rings is 1. The summed E-state index contributed by atoms with van der Waals surface area (Å²) in [4.78, 5) is 21.8. The van der Waals surface area contributed by atoms with Crippen LogP contribution in [0.15, 0.2) is 34.1 Å². The number of hydrogen-bond acceptors (Lipinski definition) is 6. The van der Waals surface area contributed by atoms with Gasteiger partial charge in [-0.3, -0.25) is 9.69 Å². The molecule has 166 valence electrons. The molecule has 1 saturated heterocycles. The van der Waals surface area contributed by atoms with E-state index in [1.165, 1.54) is 12.8 Å². The minimum Gasteiger partial charge on any atom is -0.455 e. The standard InChI is InChI=1S/C22H34N4O3S/c1-3-4-5-6-10-26(13-12-25-14-16-28-17-15-25)21(27)20-8-7-19(29-20)18-30-22-23-9-11-24(22)2/h7-9,11H,3-6,10,12-18H2,1-2H3. The fraction of sp³-hybridized carbons (Fsp3) is 0.636. The molecular formula is C22H34N4O3S. The highest BCUT2D eigenvalue weighted by molar-refractivity contribution is 7.98. The van der Waals surface area contributed by atoms with Gasteiger partial charge in [-0.1, -0.05) is 37.9 Å². The van der Waals surface area contributed by atoms with E-state index in [0.29, 0.717) is 11.5 Å². The zero-order valence-corrected chi connectivity index (χ0v) is 19.0. The Morgan fingerprint density at radius 1 is 1.20 bits per heavy atom. The molecule has 0 aliphatic carbocycles. The van der Waals surface area contributed by atoms with Gasteiger partial charge in [-0.2, -0.15) is 0 Å². The second kappa shape index (κ2) is 12.2. The van der Waals surface area contributed by atoms with Gasteiger partial charge in [0.25, 0.3) is 5.91 Å². The van der Waals surface area contributed by atoms with Gasteiger partial charge in [-0.15, -0.1) is 0 Å². The highest BCUT2D eigenvalue weighted by Gasteiger charge is 2.21. The largest absolute Gasteiger partial charge is 0.455 e. The smallest absolute Gasteiger partial charge is 0.289 e. The molecule has 0 spiro atoms. The lowest BCUT2D eigenvalue weighted by atomic mass is 10.2. The van der Waals surface area contributed by atoms with Crippen LogP contribution in [0.2, 0.25) is 0 Å². The predicted octanol–water partition coefficient (Wildman–Crippen LogP) is 3.66. The first-order valence-corrected chi connectivity index (χ1v) is 11.9. The number of imidazole rings is 1. The molecule has 0 N–H and O–H groups in total. The summed E-state index contributed by atoms with van der Waals surface area (Å²) in [6.45, 7) is 8.02. The van der Waals surface area contributed by atoms with E-state index in [2.05, 4.69) is 16.8 Å². The van der Waals surface area contributed by atoms with Crippen molar-refractivity contribution >= 4 is 17.7 Å². The lowest BCUT2D eigenvalue weighted by Crippen LogP contribution is -2.43. The molecule has 0 aromatic carbocycles. The Morgan fingerprint density at radius 2 is 2.03 bits per heavy atom. The SMILES string of the molecule is CCCCCCN(CCN1CCOCC1)C(=O)c1ccc(CSc2nccn2C)o1. The Kier molecular flexibility index (Phi) is 9.29. The van der Waals surface area contributed by atoms with Crippen molar-refractivity contribution in [3.8, 4) is 0 Å². The van der Waals surface area contributed by atoms with Gasteiger partial charge in [0.05, 0.1) is 19.0 Å². The molecule has 7 nitrogen and oxygen atoms in total. The quantitative estimate of drug-likeness (QED) is 0.375. The molecule has 2 aromatic heterocycles. The number of unbranched alkanes of at least 4 members (excludes halogenated alkanes) is 3. The second-order valence-corrected chi connectivity index (χ2v) is 8.62. The Morgan fingerprint density at radius 3 is 2.77 bits per heavy atom. The number of furan rings is 1. The van der Waals surface area contributed by atoms with Crippen LogP contribution in [0.4, 0.5) is 0 Å². The third kappa shape index (κ3) is 6.89. The van der Waals surface area contributed by atoms with E-state index in [1.54, 1.807) is 18.0 Å². The van der Waals surface area contributed by atoms with E-state index < -0.39 is 0 Å². The van der Waals surface area contributed by atoms with E-state index in [1.807, 2.05) is 34.8 Å². The summed E-state index contributed by atoms with van der Waals surface area (Å²) in [6.07, 6.45) is 8.29. The maximum atomic E-state index is 13.1. The first-order chi connectivity index (χ1) is 14.7. The number of carbonyl (C=O) groups excluding carboxylic acids is 1. The van der Waals surface area contributed by atoms with Crippen LogP contribution in [0.5, 0.6) is 0 Å². The lowest BCUT2D eigenvalue weighted by Gasteiger charge is -2.30. The second-order valence-electron chi connectivity index (χ2n) is 7.68. The van der Waals surface area contributed by atoms with Gasteiger partial charge in [0.15, 0.2) is 10.9 Å². The van der Waals surface area contributed by atoms with Crippen molar-refractivity contribution in [3.05, 3.63) is 36.0 Å². The molecule has 0 radical (unpaired) electrons. The Bertz CT molecular complexity index is 770. The van der Waals surface area contributed by atoms with E-state index in [-0.39, 0.29) is 5.91 Å². The third-order valence-electron chi connectivity index (χ3n) is 5.35. The van der Waals surface area contributed by atoms with Crippen LogP contribution < -0.4 is 0 Å². The van der Waals surface area contributed by atoms with Gasteiger partial charge in [-0.05, 0) is 18.6 Å². The molecule has 1 fully saturated rings. The Labute approximate surface area is 183 Å². The number of amides is 1. The van der Waals surface area contributed by atoms with Crippen molar-refractivity contribution in [1.29, 1.82) is 0 Å². The summed E-state index contributed by atoms with van der Waals surface area (Å²) in [6, 6.07) is 3.71. The molecule has 30 heavy (non-hydrogen) atoms. The number of aryl methyl sites for hydroxylation is 1. The molecule has 1 aliphatic rings. The van der Waals surface area contributed by atoms with Gasteiger partial charge < -0.3 is 18.6 Å². The summed E-state index contributed by atoms with van der Waals surface area (Å²) in [7, 11) is 1.97. The van der Waals surface area contributed by atoms with Gasteiger partial charge in [0.1, 0.15) is 5.76 Å². The molecule has 8 heteroatoms. The minimum atomic E-state index is -0.00648. The van der Waals surface area contributed by atoms with Crippen molar-refractivity contribution in [2.45, 2.75) is 43.5 Å². The van der Waals surface area contributed by atoms with Gasteiger partial charge in [-0.25, -0.2) is 4.98 Å². The summed E-state index contributed by atoms with van der Waals surface area (Å²) >= 11 is 1.60. The monoisotopic (exact) mass is 434 g/mol. The van der Waals surface area contributed by atoms with Crippen molar-refractivity contribution in [1.82, 2.24) is 19.4 Å². The summed E-state index contributed by atoms with van der Waals surface area (Å²) in [5.41, 5.74) is 0. The van der Waals surface area contributed by atoms with Gasteiger partial charge in [0, 0.05) is 52.2 Å². The van der Waals surface area contributed by atoms with Crippen LogP contribution >= 0.6 is 11.8 Å². The molecule has 1 amide bonds. The zero-order chi connectivity index (χ0) is 21.2. The van der Waals surface area contributed by atoms with Gasteiger partial charge in [0.2, 0.25) is 0 Å². The first kappa shape index (κ1) is 22.9. The van der Waals surface area contributed by atoms with E-state index >= 15 is 0 Å². The zero-order valence-electron chi connectivity index (χ0n) is 18.2. The van der Waals surface area contributed by atoms with Crippen molar-refractivity contribution in [2.75, 3.05) is 45.9 Å². The average Bonchev–Trinajstić information content (AvgIpc) is 3.41. The molecule has 0 unspecified atom stereocenters. The highest BCUT2D eigenvalue weighted by atomic mass is 32.2. The van der Waals surface area contributed by atoms with E-state index in [0.717, 1.165) is 69.7 Å². The fourth-order valence-electron chi connectivity index (χ4n) is 3.48. The van der Waals surface area contributed by atoms with Crippen LogP contribution in [-0.4, -0.2) is 71.2 Å². The molecular weight excluding hydrogens is 400 g/mol. The third-order valence-corrected chi connectivity index (χ3v) is 6.43. The first-order valence-electron chi connectivity index (χ1n) is 11.0. The molecule has 1 aliphatic heterocycles. The van der Waals surface area contributed by atoms with Crippen LogP contribution in [0, 0.1) is 0 Å². The van der Waals surface area contributed by atoms with Crippen LogP contribution in [-0.2, 0) is 17.5 Å². The number of thioether (sulfide) groups is 1. The molecule has 0 bridgehead atoms. The number of ether oxygens (including phenoxy) is 1. The highest BCUT2D eigenvalue weighted by Crippen LogP contribution is 2.22. The van der Waals surface area contributed by atoms with Crippen molar-refractivity contribution < 1.29 is 13.9 Å². The minimum absolute atomic E-state index is 0.00648. The summed E-state index contributed by atoms with van der Waals surface area (Å²) < 4.78 is 13.3. The normalized spacial score (nSPS) is 14.9. The number of hydrogen-bond donors (Lipinski definition) is 0. The molecule has 0 atom stereocenters. The predicted molar refractivity (Wildman–Crippen MR) is 119 cm³/mol. The van der Waals surface area contributed by atoms with Crippen LogP contribution in [0.25, 0.3) is 0 Å². The molecule has 0 saturated carbocycles. The van der Waals surface area contributed by atoms with E-state index in [9.17, 15) is 4.79 Å². The average molecular weight is 435 g/mol. The fourth-order valence-corrected chi connectivity index (χ4v) is 4.31. The maximum Gasteiger partial charge on any atom is 0.289 e. The molecule has 3 rings (SSSR count). The molecule has 2 aromatic rings. The number of aromatic nitrogens is 2. The lowest BCUT2D eigenvalue weighted by molar-refractivity contribution is 0.0320. The van der Waals surface area contributed by atoms with Crippen LogP contribution in [0.3, 0.4) is 0 Å². The number of carbonyl (C=O) groups is 1. The number of nitrogens with zero attached hydrogens (tertiary/aromatic N) is 4. The van der Waals surface area contributed by atoms with Crippen LogP contribution in [0.1, 0.15) is 48.9 Å². The van der Waals surface area contributed by atoms with E-state index in [4.69, 9.17) is 9.15 Å². The molecule has 3 heterocycles. The van der Waals surface area contributed by atoms with Crippen molar-refractivity contribution in [3.63, 3.8) is 0 Å². The Balaban J connectivity index is 1.56. The topological polar surface area (TPSA) is 63.7 Å². The van der Waals surface area contributed by atoms with Crippen molar-refractivity contribution in [2.24, 2.45) is 7.05 Å².